The number of carbonyl (C=O) groups is 2. The van der Waals surface area contributed by atoms with Crippen LogP contribution in [0, 0.1) is 3.57 Å². The number of nitrogens with zero attached hydrogens (tertiary/aromatic N) is 1. The van der Waals surface area contributed by atoms with Crippen molar-refractivity contribution in [1.29, 1.82) is 0 Å². The number of carboxylic acid groups (broad SMARTS) is 1. The lowest BCUT2D eigenvalue weighted by molar-refractivity contribution is -0.122. The molecule has 1 amide bonds. The lowest BCUT2D eigenvalue weighted by atomic mass is 10.1. The number of sulfonamides is 1. The number of amides is 1. The highest BCUT2D eigenvalue weighted by Crippen LogP contribution is 2.27. The number of benzene rings is 3. The van der Waals surface area contributed by atoms with Crippen molar-refractivity contribution in [3.63, 3.8) is 0 Å². The van der Waals surface area contributed by atoms with Gasteiger partial charge in [-0.15, -0.1) is 0 Å². The summed E-state index contributed by atoms with van der Waals surface area (Å²) in [7, 11) is -3.99. The fourth-order valence-corrected chi connectivity index (χ4v) is 5.38. The Morgan fingerprint density at radius 2 is 1.74 bits per heavy atom. The third-order valence-corrected chi connectivity index (χ3v) is 8.02. The van der Waals surface area contributed by atoms with Gasteiger partial charge in [0.1, 0.15) is 17.6 Å². The topological polar surface area (TPSA) is 138 Å². The van der Waals surface area contributed by atoms with Crippen LogP contribution in [0.3, 0.4) is 0 Å². The summed E-state index contributed by atoms with van der Waals surface area (Å²) in [5, 5.41) is 13.1. The molecule has 0 aliphatic carbocycles. The molecule has 0 fully saturated rings. The number of rotatable bonds is 10. The number of aromatic carboxylic acids is 1. The zero-order valence-electron chi connectivity index (χ0n) is 20.0. The van der Waals surface area contributed by atoms with Gasteiger partial charge in [0.05, 0.1) is 21.7 Å². The van der Waals surface area contributed by atoms with Crippen LogP contribution in [0.2, 0.25) is 5.02 Å². The second-order valence-electron chi connectivity index (χ2n) is 8.25. The number of furan rings is 1. The minimum atomic E-state index is -3.99. The molecule has 0 saturated carbocycles. The molecule has 4 aromatic rings. The molecule has 0 unspecified atom stereocenters. The van der Waals surface area contributed by atoms with Crippen LogP contribution in [0.4, 0.5) is 0 Å². The van der Waals surface area contributed by atoms with Crippen LogP contribution < -0.4 is 10.1 Å². The van der Waals surface area contributed by atoms with Crippen LogP contribution in [0.5, 0.6) is 0 Å². The molecule has 1 aromatic heterocycles. The van der Waals surface area contributed by atoms with E-state index in [9.17, 15) is 18.0 Å². The molecule has 1 atom stereocenters. The number of hydrogen-bond acceptors (Lipinski definition) is 6. The molecular formula is C27H21ClIN3O6S. The van der Waals surface area contributed by atoms with E-state index in [0.717, 1.165) is 9.13 Å². The second kappa shape index (κ2) is 12.6. The molecule has 0 spiro atoms. The van der Waals surface area contributed by atoms with Crippen molar-refractivity contribution in [2.45, 2.75) is 17.4 Å². The van der Waals surface area contributed by atoms with Crippen LogP contribution in [0.15, 0.2) is 99.3 Å². The molecular weight excluding hydrogens is 657 g/mol. The largest absolute Gasteiger partial charge is 0.478 e. The lowest BCUT2D eigenvalue weighted by Gasteiger charge is -2.17. The highest BCUT2D eigenvalue weighted by Gasteiger charge is 2.26. The van der Waals surface area contributed by atoms with E-state index < -0.39 is 27.9 Å². The molecule has 4 rings (SSSR count). The molecule has 1 heterocycles. The van der Waals surface area contributed by atoms with Crippen LogP contribution in [0.25, 0.3) is 11.3 Å². The molecule has 0 radical (unpaired) electrons. The van der Waals surface area contributed by atoms with Crippen molar-refractivity contribution < 1.29 is 27.5 Å². The van der Waals surface area contributed by atoms with E-state index in [2.05, 4.69) is 37.8 Å². The molecule has 0 bridgehead atoms. The maximum atomic E-state index is 13.0. The van der Waals surface area contributed by atoms with Crippen molar-refractivity contribution in [2.75, 3.05) is 0 Å². The smallest absolute Gasteiger partial charge is 0.337 e. The number of carbonyl (C=O) groups excluding carboxylic acids is 1. The van der Waals surface area contributed by atoms with Crippen LogP contribution in [-0.2, 0) is 21.2 Å². The molecule has 39 heavy (non-hydrogen) atoms. The van der Waals surface area contributed by atoms with Gasteiger partial charge in [0.25, 0.3) is 5.91 Å². The predicted molar refractivity (Wildman–Crippen MR) is 155 cm³/mol. The van der Waals surface area contributed by atoms with Gasteiger partial charge in [-0.3, -0.25) is 4.79 Å². The van der Waals surface area contributed by atoms with Crippen molar-refractivity contribution in [2.24, 2.45) is 5.10 Å². The van der Waals surface area contributed by atoms with Crippen molar-refractivity contribution in [3.05, 3.63) is 110 Å². The molecule has 3 aromatic carbocycles. The minimum Gasteiger partial charge on any atom is -0.478 e. The van der Waals surface area contributed by atoms with E-state index in [-0.39, 0.29) is 21.9 Å². The van der Waals surface area contributed by atoms with Gasteiger partial charge in [0, 0.05) is 9.13 Å². The Labute approximate surface area is 243 Å². The molecule has 3 N–H and O–H groups in total. The van der Waals surface area contributed by atoms with Crippen molar-refractivity contribution in [3.8, 4) is 11.3 Å². The zero-order chi connectivity index (χ0) is 28.0. The summed E-state index contributed by atoms with van der Waals surface area (Å²) in [6.45, 7) is 0. The molecule has 9 nitrogen and oxygen atoms in total. The van der Waals surface area contributed by atoms with E-state index in [4.69, 9.17) is 21.1 Å². The van der Waals surface area contributed by atoms with Gasteiger partial charge in [-0.25, -0.2) is 18.6 Å². The normalized spacial score (nSPS) is 12.4. The molecule has 12 heteroatoms. The summed E-state index contributed by atoms with van der Waals surface area (Å²) >= 11 is 8.11. The third kappa shape index (κ3) is 7.53. The Morgan fingerprint density at radius 3 is 2.41 bits per heavy atom. The minimum absolute atomic E-state index is 0.0285. The summed E-state index contributed by atoms with van der Waals surface area (Å²) in [6, 6.07) is 21.8. The van der Waals surface area contributed by atoms with E-state index in [1.807, 2.05) is 6.07 Å². The van der Waals surface area contributed by atoms with Gasteiger partial charge in [-0.1, -0.05) is 48.0 Å². The maximum absolute atomic E-state index is 13.0. The van der Waals surface area contributed by atoms with Crippen LogP contribution in [-0.4, -0.2) is 37.7 Å². The molecule has 0 aliphatic heterocycles. The average Bonchev–Trinajstić information content (AvgIpc) is 3.37. The van der Waals surface area contributed by atoms with Gasteiger partial charge in [0.15, 0.2) is 0 Å². The van der Waals surface area contributed by atoms with Crippen LogP contribution >= 0.6 is 34.2 Å². The van der Waals surface area contributed by atoms with Gasteiger partial charge in [-0.05, 0) is 83.1 Å². The number of carboxylic acids is 1. The third-order valence-electron chi connectivity index (χ3n) is 5.50. The molecule has 200 valence electrons. The fourth-order valence-electron chi connectivity index (χ4n) is 3.56. The van der Waals surface area contributed by atoms with Gasteiger partial charge < -0.3 is 9.52 Å². The zero-order valence-corrected chi connectivity index (χ0v) is 23.8. The predicted octanol–water partition coefficient (Wildman–Crippen LogP) is 4.94. The quantitative estimate of drug-likeness (QED) is 0.124. The SMILES string of the molecule is O=C(O)c1ccc(-c2ccc(/C=N\NC(=O)[C@@H](Cc3ccccc3)NS(=O)(=O)c3ccc(I)cc3)o2)cc1Cl. The summed E-state index contributed by atoms with van der Waals surface area (Å²) in [6.07, 6.45) is 1.37. The highest BCUT2D eigenvalue weighted by molar-refractivity contribution is 14.1. The standard InChI is InChI=1S/C27H21ClIN3O6S/c28-23-15-18(6-12-22(23)27(34)35)25-13-9-20(38-25)16-30-31-26(33)24(14-17-4-2-1-3-5-17)32-39(36,37)21-10-7-19(29)8-11-21/h1-13,15-16,24,32H,14H2,(H,31,33)(H,34,35)/b30-16-/t24-/m1/s1. The Hall–Kier alpha value is -3.52. The van der Waals surface area contributed by atoms with Crippen molar-refractivity contribution >= 4 is 62.3 Å². The first-order valence-electron chi connectivity index (χ1n) is 11.4. The Morgan fingerprint density at radius 1 is 1.03 bits per heavy atom. The van der Waals surface area contributed by atoms with E-state index >= 15 is 0 Å². The number of halogens is 2. The van der Waals surface area contributed by atoms with Gasteiger partial charge in [-0.2, -0.15) is 9.82 Å². The summed E-state index contributed by atoms with van der Waals surface area (Å²) in [5.74, 6) is -1.09. The van der Waals surface area contributed by atoms with Crippen LogP contribution in [0.1, 0.15) is 21.7 Å². The van der Waals surface area contributed by atoms with Crippen molar-refractivity contribution in [1.82, 2.24) is 10.1 Å². The van der Waals surface area contributed by atoms with Gasteiger partial charge in [0.2, 0.25) is 10.0 Å². The Bertz CT molecular complexity index is 1620. The Balaban J connectivity index is 1.48. The first-order valence-corrected chi connectivity index (χ1v) is 14.3. The summed E-state index contributed by atoms with van der Waals surface area (Å²) in [5.41, 5.74) is 3.66. The average molecular weight is 678 g/mol. The first-order chi connectivity index (χ1) is 18.6. The number of nitrogens with one attached hydrogen (secondary N) is 2. The van der Waals surface area contributed by atoms with Gasteiger partial charge >= 0.3 is 5.97 Å². The summed E-state index contributed by atoms with van der Waals surface area (Å²) in [4.78, 5) is 24.2. The molecule has 0 aliphatic rings. The van der Waals surface area contributed by atoms with E-state index in [1.165, 1.54) is 30.5 Å². The second-order valence-corrected chi connectivity index (χ2v) is 11.6. The number of hydrogen-bond donors (Lipinski definition) is 3. The monoisotopic (exact) mass is 677 g/mol. The fraction of sp³-hybridized carbons (Fsp3) is 0.0741. The highest BCUT2D eigenvalue weighted by atomic mass is 127. The number of hydrazone groups is 1. The maximum Gasteiger partial charge on any atom is 0.337 e. The lowest BCUT2D eigenvalue weighted by Crippen LogP contribution is -2.46. The summed E-state index contributed by atoms with van der Waals surface area (Å²) < 4.78 is 35.0. The first kappa shape index (κ1) is 28.5. The van der Waals surface area contributed by atoms with E-state index in [0.29, 0.717) is 17.1 Å². The Kier molecular flexibility index (Phi) is 9.17. The molecule has 0 saturated heterocycles. The van der Waals surface area contributed by atoms with E-state index in [1.54, 1.807) is 54.6 Å².